The van der Waals surface area contributed by atoms with E-state index >= 15 is 0 Å². The monoisotopic (exact) mass is 297 g/mol. The number of hydrogen-bond donors (Lipinski definition) is 2. The topological polar surface area (TPSA) is 45.4 Å². The summed E-state index contributed by atoms with van der Waals surface area (Å²) in [5.41, 5.74) is 2.36. The molecule has 0 fully saturated rings. The highest BCUT2D eigenvalue weighted by Crippen LogP contribution is 2.26. The van der Waals surface area contributed by atoms with E-state index in [2.05, 4.69) is 38.8 Å². The summed E-state index contributed by atoms with van der Waals surface area (Å²) >= 11 is 3.47. The summed E-state index contributed by atoms with van der Waals surface area (Å²) in [6, 6.07) is 6.15. The molecule has 3 nitrogen and oxygen atoms in total. The fourth-order valence-corrected chi connectivity index (χ4v) is 2.47. The van der Waals surface area contributed by atoms with Crippen LogP contribution in [0.3, 0.4) is 0 Å². The minimum absolute atomic E-state index is 0.138. The molecule has 0 spiro atoms. The van der Waals surface area contributed by atoms with Crippen molar-refractivity contribution in [3.8, 4) is 0 Å². The molecule has 0 unspecified atom stereocenters. The number of aromatic nitrogens is 1. The van der Waals surface area contributed by atoms with E-state index in [1.54, 1.807) is 0 Å². The predicted molar refractivity (Wildman–Crippen MR) is 72.1 cm³/mol. The second kappa shape index (κ2) is 5.67. The maximum absolute atomic E-state index is 9.05. The van der Waals surface area contributed by atoms with Crippen molar-refractivity contribution < 1.29 is 10.2 Å². The lowest BCUT2D eigenvalue weighted by molar-refractivity contribution is 0.277. The zero-order valence-electron chi connectivity index (χ0n) is 9.56. The number of halogens is 1. The molecule has 0 radical (unpaired) electrons. The number of nitrogens with zero attached hydrogens (tertiary/aromatic N) is 1. The van der Waals surface area contributed by atoms with Crippen LogP contribution < -0.4 is 0 Å². The van der Waals surface area contributed by atoms with Gasteiger partial charge >= 0.3 is 0 Å². The minimum Gasteiger partial charge on any atom is -0.396 e. The first-order chi connectivity index (χ1) is 8.26. The highest BCUT2D eigenvalue weighted by Gasteiger charge is 2.08. The van der Waals surface area contributed by atoms with Crippen LogP contribution in [0.2, 0.25) is 0 Å². The Morgan fingerprint density at radius 2 is 2.00 bits per heavy atom. The smallest absolute Gasteiger partial charge is 0.0610 e. The molecule has 0 amide bonds. The first kappa shape index (κ1) is 12.6. The molecule has 17 heavy (non-hydrogen) atoms. The highest BCUT2D eigenvalue weighted by atomic mass is 79.9. The Morgan fingerprint density at radius 1 is 1.18 bits per heavy atom. The van der Waals surface area contributed by atoms with Crippen LogP contribution in [-0.2, 0) is 13.0 Å². The molecular formula is C13H16BrNO2. The molecule has 4 heteroatoms. The lowest BCUT2D eigenvalue weighted by Gasteiger charge is -2.01. The van der Waals surface area contributed by atoms with Gasteiger partial charge in [0.2, 0.25) is 0 Å². The van der Waals surface area contributed by atoms with Crippen LogP contribution in [0.15, 0.2) is 28.9 Å². The maximum atomic E-state index is 9.05. The third-order valence-corrected chi connectivity index (χ3v) is 3.36. The van der Waals surface area contributed by atoms with E-state index < -0.39 is 0 Å². The van der Waals surface area contributed by atoms with Gasteiger partial charge in [0, 0.05) is 34.7 Å². The summed E-state index contributed by atoms with van der Waals surface area (Å²) in [5.74, 6) is 0. The van der Waals surface area contributed by atoms with Gasteiger partial charge in [-0.1, -0.05) is 15.9 Å². The van der Waals surface area contributed by atoms with Crippen LogP contribution in [0.5, 0.6) is 0 Å². The Hall–Kier alpha value is -0.840. The van der Waals surface area contributed by atoms with Gasteiger partial charge in [0.1, 0.15) is 0 Å². The molecule has 1 aromatic carbocycles. The first-order valence-electron chi connectivity index (χ1n) is 5.75. The average molecular weight is 298 g/mol. The number of fused-ring (bicyclic) bond motifs is 1. The number of benzene rings is 1. The second-order valence-corrected chi connectivity index (χ2v) is 4.98. The van der Waals surface area contributed by atoms with Gasteiger partial charge in [-0.05, 0) is 36.6 Å². The third-order valence-electron chi connectivity index (χ3n) is 2.87. The van der Waals surface area contributed by atoms with Crippen molar-refractivity contribution in [2.75, 3.05) is 13.2 Å². The standard InChI is InChI=1S/C13H16BrNO2/c14-11-3-4-13-12(8-11)10(2-1-6-16)9-15(13)5-7-17/h3-4,8-9,16-17H,1-2,5-7H2. The zero-order valence-corrected chi connectivity index (χ0v) is 11.2. The van der Waals surface area contributed by atoms with E-state index in [1.165, 1.54) is 10.9 Å². The van der Waals surface area contributed by atoms with Crippen LogP contribution >= 0.6 is 15.9 Å². The second-order valence-electron chi connectivity index (χ2n) is 4.06. The van der Waals surface area contributed by atoms with Crippen LogP contribution in [0.25, 0.3) is 10.9 Å². The van der Waals surface area contributed by atoms with Gasteiger partial charge in [-0.15, -0.1) is 0 Å². The van der Waals surface area contributed by atoms with Gasteiger partial charge in [0.15, 0.2) is 0 Å². The van der Waals surface area contributed by atoms with Gasteiger partial charge in [-0.2, -0.15) is 0 Å². The van der Waals surface area contributed by atoms with Gasteiger partial charge in [-0.3, -0.25) is 0 Å². The van der Waals surface area contributed by atoms with Crippen molar-refractivity contribution in [3.05, 3.63) is 34.4 Å². The summed E-state index contributed by atoms with van der Waals surface area (Å²) in [6.45, 7) is 0.956. The fourth-order valence-electron chi connectivity index (χ4n) is 2.10. The number of hydrogen-bond acceptors (Lipinski definition) is 2. The SMILES string of the molecule is OCCCc1cn(CCO)c2ccc(Br)cc12. The maximum Gasteiger partial charge on any atom is 0.0610 e. The largest absolute Gasteiger partial charge is 0.396 e. The molecular weight excluding hydrogens is 282 g/mol. The van der Waals surface area contributed by atoms with E-state index in [9.17, 15) is 0 Å². The molecule has 2 rings (SSSR count). The van der Waals surface area contributed by atoms with E-state index in [0.29, 0.717) is 6.54 Å². The molecule has 1 heterocycles. The van der Waals surface area contributed by atoms with E-state index in [-0.39, 0.29) is 13.2 Å². The molecule has 0 aliphatic heterocycles. The molecule has 2 N–H and O–H groups in total. The van der Waals surface area contributed by atoms with Gasteiger partial charge in [-0.25, -0.2) is 0 Å². The lowest BCUT2D eigenvalue weighted by Crippen LogP contribution is -1.99. The van der Waals surface area contributed by atoms with Crippen molar-refractivity contribution in [1.82, 2.24) is 4.57 Å². The summed E-state index contributed by atoms with van der Waals surface area (Å²) in [4.78, 5) is 0. The van der Waals surface area contributed by atoms with Crippen molar-refractivity contribution in [3.63, 3.8) is 0 Å². The molecule has 0 saturated carbocycles. The molecule has 0 saturated heterocycles. The Bertz CT molecular complexity index is 507. The van der Waals surface area contributed by atoms with E-state index in [0.717, 1.165) is 22.8 Å². The molecule has 2 aromatic rings. The molecule has 0 aliphatic carbocycles. The summed E-state index contributed by atoms with van der Waals surface area (Å²) in [7, 11) is 0. The van der Waals surface area contributed by atoms with Crippen LogP contribution in [0.1, 0.15) is 12.0 Å². The normalized spacial score (nSPS) is 11.2. The number of aliphatic hydroxyl groups is 2. The molecule has 1 aromatic heterocycles. The lowest BCUT2D eigenvalue weighted by atomic mass is 10.1. The number of aliphatic hydroxyl groups excluding tert-OH is 2. The Kier molecular flexibility index (Phi) is 4.20. The summed E-state index contributed by atoms with van der Waals surface area (Å²) in [6.07, 6.45) is 3.70. The van der Waals surface area contributed by atoms with Crippen molar-refractivity contribution in [2.45, 2.75) is 19.4 Å². The quantitative estimate of drug-likeness (QED) is 0.890. The predicted octanol–water partition coefficient (Wildman–Crippen LogP) is 2.32. The van der Waals surface area contributed by atoms with Gasteiger partial charge in [0.05, 0.1) is 6.61 Å². The summed E-state index contributed by atoms with van der Waals surface area (Å²) < 4.78 is 3.12. The van der Waals surface area contributed by atoms with E-state index in [1.807, 2.05) is 6.07 Å². The summed E-state index contributed by atoms with van der Waals surface area (Å²) in [5, 5.41) is 19.2. The van der Waals surface area contributed by atoms with Gasteiger partial charge in [0.25, 0.3) is 0 Å². The van der Waals surface area contributed by atoms with Crippen molar-refractivity contribution in [1.29, 1.82) is 0 Å². The van der Waals surface area contributed by atoms with Crippen molar-refractivity contribution >= 4 is 26.8 Å². The molecule has 92 valence electrons. The van der Waals surface area contributed by atoms with E-state index in [4.69, 9.17) is 10.2 Å². The Morgan fingerprint density at radius 3 is 2.71 bits per heavy atom. The minimum atomic E-state index is 0.138. The average Bonchev–Trinajstić information content (AvgIpc) is 2.65. The Balaban J connectivity index is 2.46. The van der Waals surface area contributed by atoms with Crippen LogP contribution in [-0.4, -0.2) is 28.0 Å². The van der Waals surface area contributed by atoms with Crippen LogP contribution in [0, 0.1) is 0 Å². The first-order valence-corrected chi connectivity index (χ1v) is 6.54. The molecule has 0 bridgehead atoms. The fraction of sp³-hybridized carbons (Fsp3) is 0.385. The number of aryl methyl sites for hydroxylation is 1. The van der Waals surface area contributed by atoms with Crippen molar-refractivity contribution in [2.24, 2.45) is 0 Å². The highest BCUT2D eigenvalue weighted by molar-refractivity contribution is 9.10. The zero-order chi connectivity index (χ0) is 12.3. The van der Waals surface area contributed by atoms with Gasteiger partial charge < -0.3 is 14.8 Å². The Labute approximate surface area is 109 Å². The molecule has 0 atom stereocenters. The van der Waals surface area contributed by atoms with Crippen LogP contribution in [0.4, 0.5) is 0 Å². The number of rotatable bonds is 5. The third kappa shape index (κ3) is 2.70. The molecule has 0 aliphatic rings.